The number of hydrogen-bond acceptors (Lipinski definition) is 1. The number of fused-ring (bicyclic) bond motifs is 1. The van der Waals surface area contributed by atoms with Crippen LogP contribution >= 0.6 is 0 Å². The van der Waals surface area contributed by atoms with Crippen LogP contribution in [0.15, 0.2) is 42.5 Å². The van der Waals surface area contributed by atoms with Gasteiger partial charge in [-0.3, -0.25) is 0 Å². The molecule has 2 aromatic carbocycles. The van der Waals surface area contributed by atoms with Crippen molar-refractivity contribution in [1.29, 1.82) is 0 Å². The van der Waals surface area contributed by atoms with E-state index in [4.69, 9.17) is 0 Å². The molecule has 0 saturated heterocycles. The molecule has 0 atom stereocenters. The van der Waals surface area contributed by atoms with Crippen molar-refractivity contribution in [3.05, 3.63) is 42.5 Å². The minimum atomic E-state index is -1.34. The van der Waals surface area contributed by atoms with Crippen molar-refractivity contribution in [3.8, 4) is 0 Å². The van der Waals surface area contributed by atoms with Gasteiger partial charge in [0.25, 0.3) is 0 Å². The van der Waals surface area contributed by atoms with E-state index >= 15 is 0 Å². The van der Waals surface area contributed by atoms with Crippen molar-refractivity contribution in [2.24, 2.45) is 0 Å². The van der Waals surface area contributed by atoms with Gasteiger partial charge in [-0.15, -0.1) is 0 Å². The zero-order valence-electron chi connectivity index (χ0n) is 7.49. The van der Waals surface area contributed by atoms with Gasteiger partial charge in [-0.1, -0.05) is 42.5 Å². The fraction of sp³-hybridized carbons (Fsp3) is 0.0909. The Morgan fingerprint density at radius 2 is 1.69 bits per heavy atom. The van der Waals surface area contributed by atoms with E-state index in [1.165, 1.54) is 10.8 Å². The Morgan fingerprint density at radius 1 is 1.00 bits per heavy atom. The van der Waals surface area contributed by atoms with Crippen LogP contribution in [0.3, 0.4) is 0 Å². The zero-order valence-corrected chi connectivity index (χ0v) is 8.49. The number of hydrogen-bond donors (Lipinski definition) is 1. The molecule has 2 rings (SSSR count). The van der Waals surface area contributed by atoms with Crippen LogP contribution in [-0.4, -0.2) is 13.8 Å². The standard InChI is InChI=1S/C11H11OSi/c1-13(12)11-8-4-6-9-5-2-3-7-10(9)11/h2-8,12H,1H3. The summed E-state index contributed by atoms with van der Waals surface area (Å²) in [6.45, 7) is 1.90. The van der Waals surface area contributed by atoms with Gasteiger partial charge < -0.3 is 4.80 Å². The lowest BCUT2D eigenvalue weighted by Crippen LogP contribution is -2.26. The van der Waals surface area contributed by atoms with Crippen LogP contribution in [-0.2, 0) is 0 Å². The van der Waals surface area contributed by atoms with Crippen molar-refractivity contribution in [3.63, 3.8) is 0 Å². The molecule has 1 radical (unpaired) electrons. The summed E-state index contributed by atoms with van der Waals surface area (Å²) in [5.41, 5.74) is 0. The average molecular weight is 187 g/mol. The van der Waals surface area contributed by atoms with Gasteiger partial charge in [-0.2, -0.15) is 0 Å². The zero-order chi connectivity index (χ0) is 9.26. The molecule has 1 nitrogen and oxygen atoms in total. The number of benzene rings is 2. The molecule has 0 heterocycles. The topological polar surface area (TPSA) is 20.2 Å². The summed E-state index contributed by atoms with van der Waals surface area (Å²) < 4.78 is 0. The second-order valence-electron chi connectivity index (χ2n) is 3.11. The van der Waals surface area contributed by atoms with Crippen LogP contribution in [0, 0.1) is 0 Å². The lowest BCUT2D eigenvalue weighted by molar-refractivity contribution is 0.594. The highest BCUT2D eigenvalue weighted by molar-refractivity contribution is 6.67. The predicted molar refractivity (Wildman–Crippen MR) is 57.4 cm³/mol. The Morgan fingerprint density at radius 3 is 2.46 bits per heavy atom. The maximum absolute atomic E-state index is 9.62. The second-order valence-corrected chi connectivity index (χ2v) is 4.82. The van der Waals surface area contributed by atoms with Gasteiger partial charge in [0.15, 0.2) is 0 Å². The first-order valence-electron chi connectivity index (χ1n) is 4.29. The van der Waals surface area contributed by atoms with Crippen LogP contribution in [0.2, 0.25) is 6.55 Å². The molecule has 2 heteroatoms. The van der Waals surface area contributed by atoms with Crippen LogP contribution in [0.1, 0.15) is 0 Å². The minimum Gasteiger partial charge on any atom is -0.427 e. The molecule has 0 unspecified atom stereocenters. The molecule has 13 heavy (non-hydrogen) atoms. The van der Waals surface area contributed by atoms with Crippen molar-refractivity contribution < 1.29 is 4.80 Å². The molecule has 0 aliphatic heterocycles. The highest BCUT2D eigenvalue weighted by atomic mass is 28.3. The first kappa shape index (κ1) is 8.47. The molecular weight excluding hydrogens is 176 g/mol. The van der Waals surface area contributed by atoms with E-state index in [1.54, 1.807) is 0 Å². The smallest absolute Gasteiger partial charge is 0.240 e. The van der Waals surface area contributed by atoms with E-state index in [1.807, 2.05) is 30.8 Å². The molecule has 0 saturated carbocycles. The molecule has 0 aliphatic carbocycles. The van der Waals surface area contributed by atoms with Gasteiger partial charge in [0.1, 0.15) is 0 Å². The highest BCUT2D eigenvalue weighted by Gasteiger charge is 2.07. The van der Waals surface area contributed by atoms with E-state index < -0.39 is 9.04 Å². The fourth-order valence-corrected chi connectivity index (χ4v) is 2.50. The van der Waals surface area contributed by atoms with Gasteiger partial charge in [0.2, 0.25) is 9.04 Å². The van der Waals surface area contributed by atoms with Gasteiger partial charge >= 0.3 is 0 Å². The summed E-state index contributed by atoms with van der Waals surface area (Å²) in [6.07, 6.45) is 0. The first-order chi connectivity index (χ1) is 6.29. The average Bonchev–Trinajstić information content (AvgIpc) is 2.17. The lowest BCUT2D eigenvalue weighted by atomic mass is 10.1. The van der Waals surface area contributed by atoms with Crippen LogP contribution < -0.4 is 5.19 Å². The Hall–Kier alpha value is -1.12. The minimum absolute atomic E-state index is 1.10. The molecule has 0 bridgehead atoms. The Labute approximate surface area is 79.4 Å². The summed E-state index contributed by atoms with van der Waals surface area (Å²) in [5.74, 6) is 0. The van der Waals surface area contributed by atoms with E-state index in [9.17, 15) is 4.80 Å². The summed E-state index contributed by atoms with van der Waals surface area (Å²) in [6, 6.07) is 14.3. The van der Waals surface area contributed by atoms with Gasteiger partial charge in [-0.05, 0) is 22.5 Å². The summed E-state index contributed by atoms with van der Waals surface area (Å²) in [4.78, 5) is 9.62. The second kappa shape index (κ2) is 3.32. The third kappa shape index (κ3) is 1.50. The predicted octanol–water partition coefficient (Wildman–Crippen LogP) is 1.66. The van der Waals surface area contributed by atoms with Crippen LogP contribution in [0.4, 0.5) is 0 Å². The molecule has 1 N–H and O–H groups in total. The summed E-state index contributed by atoms with van der Waals surface area (Å²) >= 11 is 0. The largest absolute Gasteiger partial charge is 0.427 e. The van der Waals surface area contributed by atoms with Crippen LogP contribution in [0.5, 0.6) is 0 Å². The number of rotatable bonds is 1. The molecule has 0 amide bonds. The highest BCUT2D eigenvalue weighted by Crippen LogP contribution is 2.10. The van der Waals surface area contributed by atoms with Gasteiger partial charge in [0.05, 0.1) is 0 Å². The molecule has 0 aromatic heterocycles. The molecule has 0 spiro atoms. The van der Waals surface area contributed by atoms with Crippen LogP contribution in [0.25, 0.3) is 10.8 Å². The SMILES string of the molecule is C[Si](O)c1cccc2ccccc12. The Bertz CT molecular complexity index is 418. The molecule has 0 fully saturated rings. The van der Waals surface area contributed by atoms with Crippen molar-refractivity contribution in [1.82, 2.24) is 0 Å². The molecular formula is C11H11OSi. The molecule has 0 aliphatic rings. The normalized spacial score (nSPS) is 11.0. The van der Waals surface area contributed by atoms with Gasteiger partial charge in [0, 0.05) is 0 Å². The van der Waals surface area contributed by atoms with E-state index in [0.29, 0.717) is 0 Å². The van der Waals surface area contributed by atoms with Gasteiger partial charge in [-0.25, -0.2) is 0 Å². The first-order valence-corrected chi connectivity index (χ1v) is 6.24. The molecule has 65 valence electrons. The third-order valence-corrected chi connectivity index (χ3v) is 3.40. The fourth-order valence-electron chi connectivity index (χ4n) is 1.54. The van der Waals surface area contributed by atoms with Crippen molar-refractivity contribution in [2.45, 2.75) is 6.55 Å². The molecule has 2 aromatic rings. The lowest BCUT2D eigenvalue weighted by Gasteiger charge is -2.06. The third-order valence-electron chi connectivity index (χ3n) is 2.18. The Kier molecular flexibility index (Phi) is 2.16. The van der Waals surface area contributed by atoms with E-state index in [-0.39, 0.29) is 0 Å². The Balaban J connectivity index is 2.76. The van der Waals surface area contributed by atoms with Crippen molar-refractivity contribution >= 4 is 25.0 Å². The summed E-state index contributed by atoms with van der Waals surface area (Å²) in [5, 5.41) is 3.49. The maximum atomic E-state index is 9.62. The maximum Gasteiger partial charge on any atom is 0.240 e. The van der Waals surface area contributed by atoms with E-state index in [0.717, 1.165) is 5.19 Å². The summed E-state index contributed by atoms with van der Waals surface area (Å²) in [7, 11) is -1.34. The quantitative estimate of drug-likeness (QED) is 0.673. The monoisotopic (exact) mass is 187 g/mol. The van der Waals surface area contributed by atoms with Crippen molar-refractivity contribution in [2.75, 3.05) is 0 Å². The van der Waals surface area contributed by atoms with E-state index in [2.05, 4.69) is 18.2 Å².